The number of H-pyrrole nitrogens is 1. The molecule has 0 amide bonds. The highest BCUT2D eigenvalue weighted by Gasteiger charge is 2.55. The molecule has 2 heterocycles. The zero-order valence-electron chi connectivity index (χ0n) is 18.9. The monoisotopic (exact) mass is 428 g/mol. The van der Waals surface area contributed by atoms with Crippen LogP contribution in [-0.2, 0) is 22.7 Å². The summed E-state index contributed by atoms with van der Waals surface area (Å²) in [6, 6.07) is 0. The van der Waals surface area contributed by atoms with Gasteiger partial charge in [0, 0.05) is 31.8 Å². The molecule has 2 aliphatic rings. The Hall–Kier alpha value is -2.51. The lowest BCUT2D eigenvalue weighted by atomic mass is 9.62. The van der Waals surface area contributed by atoms with E-state index in [2.05, 4.69) is 9.97 Å². The fraction of sp³-hybridized carbons (Fsp3) is 0.696. The molecule has 8 heteroatoms. The molecule has 1 N–H and O–H groups in total. The highest BCUT2D eigenvalue weighted by atomic mass is 16.2. The van der Waals surface area contributed by atoms with E-state index in [-0.39, 0.29) is 34.1 Å². The number of aromatic nitrogens is 4. The number of nitrogens with one attached hydrogen (secondary N) is 1. The average Bonchev–Trinajstić information content (AvgIpc) is 3.32. The number of Topliss-reactive ketones (excluding diaryl/α,β-unsaturated/α-hetero) is 2. The SMILES string of the molecule is CCCn1c(=O)c2[nH]c(C3CCC4(C3)C(=O)CC(C)(C)CC4=O)nc2n(CCC)c1=O. The predicted octanol–water partition coefficient (Wildman–Crippen LogP) is 2.92. The predicted molar refractivity (Wildman–Crippen MR) is 117 cm³/mol. The third-order valence-corrected chi connectivity index (χ3v) is 7.02. The van der Waals surface area contributed by atoms with Crippen LogP contribution in [0.4, 0.5) is 0 Å². The number of aryl methyl sites for hydroxylation is 1. The number of hydrogen-bond acceptors (Lipinski definition) is 5. The summed E-state index contributed by atoms with van der Waals surface area (Å²) in [5, 5.41) is 0. The molecular formula is C23H32N4O4. The molecule has 31 heavy (non-hydrogen) atoms. The van der Waals surface area contributed by atoms with Gasteiger partial charge in [-0.25, -0.2) is 9.78 Å². The molecule has 0 aliphatic heterocycles. The lowest BCUT2D eigenvalue weighted by Crippen LogP contribution is -2.46. The first-order valence-corrected chi connectivity index (χ1v) is 11.4. The van der Waals surface area contributed by atoms with Gasteiger partial charge in [-0.1, -0.05) is 27.7 Å². The molecule has 0 saturated heterocycles. The summed E-state index contributed by atoms with van der Waals surface area (Å²) in [5.74, 6) is 0.583. The highest BCUT2D eigenvalue weighted by Crippen LogP contribution is 2.53. The molecule has 2 aromatic rings. The van der Waals surface area contributed by atoms with Crippen molar-refractivity contribution < 1.29 is 9.59 Å². The van der Waals surface area contributed by atoms with Crippen molar-refractivity contribution >= 4 is 22.7 Å². The van der Waals surface area contributed by atoms with E-state index in [1.165, 1.54) is 4.57 Å². The molecule has 8 nitrogen and oxygen atoms in total. The Morgan fingerprint density at radius 3 is 2.23 bits per heavy atom. The van der Waals surface area contributed by atoms with Gasteiger partial charge in [0.25, 0.3) is 5.56 Å². The number of aromatic amines is 1. The van der Waals surface area contributed by atoms with Crippen LogP contribution in [0, 0.1) is 10.8 Å². The lowest BCUT2D eigenvalue weighted by Gasteiger charge is -2.38. The molecule has 4 rings (SSSR count). The van der Waals surface area contributed by atoms with Gasteiger partial charge in [0.2, 0.25) is 0 Å². The summed E-state index contributed by atoms with van der Waals surface area (Å²) < 4.78 is 2.84. The van der Waals surface area contributed by atoms with Gasteiger partial charge >= 0.3 is 5.69 Å². The zero-order valence-corrected chi connectivity index (χ0v) is 18.9. The van der Waals surface area contributed by atoms with E-state index >= 15 is 0 Å². The van der Waals surface area contributed by atoms with E-state index in [9.17, 15) is 19.2 Å². The Labute approximate surface area is 181 Å². The van der Waals surface area contributed by atoms with E-state index in [0.29, 0.717) is 68.6 Å². The number of fused-ring (bicyclic) bond motifs is 1. The van der Waals surface area contributed by atoms with Gasteiger partial charge in [0.15, 0.2) is 5.65 Å². The Morgan fingerprint density at radius 2 is 1.61 bits per heavy atom. The topological polar surface area (TPSA) is 107 Å². The molecule has 2 fully saturated rings. The molecule has 168 valence electrons. The molecule has 1 atom stereocenters. The minimum Gasteiger partial charge on any atom is -0.336 e. The zero-order chi connectivity index (χ0) is 22.6. The summed E-state index contributed by atoms with van der Waals surface area (Å²) in [6.07, 6.45) is 3.89. The van der Waals surface area contributed by atoms with Crippen molar-refractivity contribution in [1.29, 1.82) is 0 Å². The first-order chi connectivity index (χ1) is 14.6. The van der Waals surface area contributed by atoms with E-state index in [0.717, 1.165) is 6.42 Å². The maximum atomic E-state index is 13.0. The molecule has 1 unspecified atom stereocenters. The van der Waals surface area contributed by atoms with Crippen molar-refractivity contribution in [2.75, 3.05) is 0 Å². The number of rotatable bonds is 5. The smallest absolute Gasteiger partial charge is 0.332 e. The summed E-state index contributed by atoms with van der Waals surface area (Å²) >= 11 is 0. The van der Waals surface area contributed by atoms with Gasteiger partial charge < -0.3 is 4.98 Å². The second kappa shape index (κ2) is 7.57. The van der Waals surface area contributed by atoms with Crippen molar-refractivity contribution in [2.24, 2.45) is 10.8 Å². The van der Waals surface area contributed by atoms with Crippen molar-refractivity contribution in [3.8, 4) is 0 Å². The van der Waals surface area contributed by atoms with Crippen LogP contribution in [0.15, 0.2) is 9.59 Å². The van der Waals surface area contributed by atoms with Crippen molar-refractivity contribution in [3.63, 3.8) is 0 Å². The first kappa shape index (κ1) is 21.7. The molecule has 2 aliphatic carbocycles. The van der Waals surface area contributed by atoms with Gasteiger partial charge in [0.05, 0.1) is 5.41 Å². The van der Waals surface area contributed by atoms with Gasteiger partial charge in [-0.3, -0.25) is 23.5 Å². The van der Waals surface area contributed by atoms with Crippen molar-refractivity contribution in [3.05, 3.63) is 26.7 Å². The fourth-order valence-corrected chi connectivity index (χ4v) is 5.43. The summed E-state index contributed by atoms with van der Waals surface area (Å²) in [7, 11) is 0. The largest absolute Gasteiger partial charge is 0.336 e. The quantitative estimate of drug-likeness (QED) is 0.737. The van der Waals surface area contributed by atoms with Crippen LogP contribution in [0.25, 0.3) is 11.2 Å². The normalized spacial score (nSPS) is 22.6. The minimum atomic E-state index is -0.912. The number of ketones is 2. The third-order valence-electron chi connectivity index (χ3n) is 7.02. The van der Waals surface area contributed by atoms with Gasteiger partial charge in [0.1, 0.15) is 22.9 Å². The summed E-state index contributed by atoms with van der Waals surface area (Å²) in [5.41, 5.74) is -1.17. The second-order valence-corrected chi connectivity index (χ2v) is 10.1. The number of hydrogen-bond donors (Lipinski definition) is 1. The Kier molecular flexibility index (Phi) is 5.30. The Balaban J connectivity index is 1.75. The van der Waals surface area contributed by atoms with Crippen LogP contribution >= 0.6 is 0 Å². The lowest BCUT2D eigenvalue weighted by molar-refractivity contribution is -0.147. The third kappa shape index (κ3) is 3.40. The van der Waals surface area contributed by atoms with Crippen molar-refractivity contribution in [1.82, 2.24) is 19.1 Å². The van der Waals surface area contributed by atoms with Crippen LogP contribution in [0.1, 0.15) is 84.4 Å². The number of carbonyl (C=O) groups excluding carboxylic acids is 2. The molecule has 0 aromatic carbocycles. The van der Waals surface area contributed by atoms with E-state index in [1.807, 2.05) is 27.7 Å². The molecule has 0 bridgehead atoms. The standard InChI is InChI=1S/C23H32N4O4/c1-5-9-26-19-17(20(30)27(10-6-2)21(26)31)24-18(25-19)14-7-8-23(11-14)15(28)12-22(3,4)13-16(23)29/h14H,5-13H2,1-4H3,(H,24,25). The highest BCUT2D eigenvalue weighted by molar-refractivity contribution is 6.10. The Morgan fingerprint density at radius 1 is 1.00 bits per heavy atom. The van der Waals surface area contributed by atoms with Crippen LogP contribution in [-0.4, -0.2) is 30.7 Å². The fourth-order valence-electron chi connectivity index (χ4n) is 5.43. The van der Waals surface area contributed by atoms with E-state index < -0.39 is 5.41 Å². The summed E-state index contributed by atoms with van der Waals surface area (Å²) in [4.78, 5) is 59.7. The maximum Gasteiger partial charge on any atom is 0.332 e. The molecule has 2 saturated carbocycles. The summed E-state index contributed by atoms with van der Waals surface area (Å²) in [6.45, 7) is 8.67. The number of imidazole rings is 1. The van der Waals surface area contributed by atoms with E-state index in [4.69, 9.17) is 0 Å². The van der Waals surface area contributed by atoms with Crippen LogP contribution in [0.3, 0.4) is 0 Å². The second-order valence-electron chi connectivity index (χ2n) is 10.1. The molecule has 1 spiro atoms. The van der Waals surface area contributed by atoms with Crippen molar-refractivity contribution in [2.45, 2.75) is 91.6 Å². The van der Waals surface area contributed by atoms with Crippen LogP contribution in [0.2, 0.25) is 0 Å². The molecular weight excluding hydrogens is 396 g/mol. The number of carbonyl (C=O) groups is 2. The molecule has 0 radical (unpaired) electrons. The van der Waals surface area contributed by atoms with Gasteiger partial charge in [-0.2, -0.15) is 0 Å². The van der Waals surface area contributed by atoms with Crippen LogP contribution < -0.4 is 11.2 Å². The first-order valence-electron chi connectivity index (χ1n) is 11.4. The average molecular weight is 429 g/mol. The minimum absolute atomic E-state index is 0.0422. The maximum absolute atomic E-state index is 13.0. The molecule has 2 aromatic heterocycles. The van der Waals surface area contributed by atoms with E-state index in [1.54, 1.807) is 4.57 Å². The number of nitrogens with zero attached hydrogens (tertiary/aromatic N) is 3. The Bertz CT molecular complexity index is 1150. The van der Waals surface area contributed by atoms with Gasteiger partial charge in [-0.15, -0.1) is 0 Å². The van der Waals surface area contributed by atoms with Gasteiger partial charge in [-0.05, 0) is 37.5 Å². The van der Waals surface area contributed by atoms with Crippen LogP contribution in [0.5, 0.6) is 0 Å².